The summed E-state index contributed by atoms with van der Waals surface area (Å²) in [4.78, 5) is 10.2. The van der Waals surface area contributed by atoms with Crippen molar-refractivity contribution in [3.8, 4) is 0 Å². The van der Waals surface area contributed by atoms with E-state index in [0.717, 1.165) is 15.2 Å². The monoisotopic (exact) mass is 146 g/mol. The van der Waals surface area contributed by atoms with Crippen molar-refractivity contribution < 1.29 is 4.80 Å². The Morgan fingerprint density at radius 1 is 1.12 bits per heavy atom. The van der Waals surface area contributed by atoms with Crippen molar-refractivity contribution in [2.75, 3.05) is 0 Å². The second-order valence-corrected chi connectivity index (χ2v) is 8.07. The third kappa shape index (κ3) is 435. The average Bonchev–Trinajstić information content (AvgIpc) is 1.27. The van der Waals surface area contributed by atoms with Gasteiger partial charge in [0.25, 0.3) is 0 Å². The van der Waals surface area contributed by atoms with Crippen LogP contribution in [0.5, 0.6) is 0 Å². The summed E-state index contributed by atoms with van der Waals surface area (Å²) in [6, 6.07) is 0. The summed E-state index contributed by atoms with van der Waals surface area (Å²) in [6.45, 7) is 5.31. The molecule has 8 heavy (non-hydrogen) atoms. The Bertz CT molecular complexity index is 36.2. The van der Waals surface area contributed by atoms with Gasteiger partial charge in [0.15, 0.2) is 0 Å². The third-order valence-electron chi connectivity index (χ3n) is 0. The van der Waals surface area contributed by atoms with Gasteiger partial charge in [-0.05, 0) is 0 Å². The van der Waals surface area contributed by atoms with Gasteiger partial charge in [-0.25, -0.2) is 0 Å². The summed E-state index contributed by atoms with van der Waals surface area (Å²) in [5.41, 5.74) is 0. The zero-order chi connectivity index (χ0) is 7.21. The summed E-state index contributed by atoms with van der Waals surface area (Å²) in [5.74, 6) is 4.42. The molecular formula is C5H15AlOSi. The van der Waals surface area contributed by atoms with Crippen LogP contribution in [-0.2, 0) is 0 Å². The van der Waals surface area contributed by atoms with Gasteiger partial charge in [0.2, 0.25) is 0 Å². The van der Waals surface area contributed by atoms with Gasteiger partial charge in [0, 0.05) is 0 Å². The van der Waals surface area contributed by atoms with Gasteiger partial charge < -0.3 is 4.80 Å². The minimum atomic E-state index is -1.86. The molecule has 0 atom stereocenters. The van der Waals surface area contributed by atoms with Gasteiger partial charge in [-0.1, -0.05) is 28.0 Å². The average molecular weight is 146 g/mol. The first kappa shape index (κ1) is 11.5. The summed E-state index contributed by atoms with van der Waals surface area (Å²) in [7, 11) is -1.86. The van der Waals surface area contributed by atoms with Crippen molar-refractivity contribution in [2.24, 2.45) is 0 Å². The molecule has 0 saturated carbocycles. The first-order valence-corrected chi connectivity index (χ1v) is 8.58. The van der Waals surface area contributed by atoms with E-state index in [2.05, 4.69) is 11.6 Å². The number of hydrogen-bond acceptors (Lipinski definition) is 1. The molecule has 0 saturated heterocycles. The molecule has 0 bridgehead atoms. The predicted molar refractivity (Wildman–Crippen MR) is 40.8 cm³/mol. The maximum atomic E-state index is 10.2. The molecule has 0 aliphatic rings. The van der Waals surface area contributed by atoms with E-state index in [0.29, 0.717) is 0 Å². The van der Waals surface area contributed by atoms with Crippen LogP contribution in [0.4, 0.5) is 0 Å². The minimum absolute atomic E-state index is 0.750. The Kier molecular flexibility index (Phi) is 8.39. The summed E-state index contributed by atoms with van der Waals surface area (Å²) >= 11 is 0.750. The van der Waals surface area contributed by atoms with Gasteiger partial charge in [-0.15, -0.1) is 0 Å². The molecule has 0 fully saturated rings. The molecule has 0 radical (unpaired) electrons. The number of rotatable bonds is 0. The maximum absolute atomic E-state index is 10.2. The Morgan fingerprint density at radius 3 is 1.12 bits per heavy atom. The van der Waals surface area contributed by atoms with Crippen LogP contribution in [0.1, 0.15) is 0 Å². The van der Waals surface area contributed by atoms with Crippen LogP contribution in [0.25, 0.3) is 0 Å². The molecule has 0 aliphatic heterocycles. The Morgan fingerprint density at radius 2 is 1.12 bits per heavy atom. The van der Waals surface area contributed by atoms with Crippen molar-refractivity contribution in [1.29, 1.82) is 0 Å². The van der Waals surface area contributed by atoms with E-state index in [1.165, 1.54) is 0 Å². The Hall–Kier alpha value is 0.709. The van der Waals surface area contributed by atoms with E-state index >= 15 is 0 Å². The van der Waals surface area contributed by atoms with Crippen LogP contribution < -0.4 is 4.80 Å². The van der Waals surface area contributed by atoms with E-state index in [1.54, 1.807) is 19.6 Å². The van der Waals surface area contributed by atoms with Crippen molar-refractivity contribution >= 4 is 23.5 Å². The molecule has 0 unspecified atom stereocenters. The van der Waals surface area contributed by atoms with Gasteiger partial charge >= 0.3 is 26.8 Å². The van der Waals surface area contributed by atoms with Crippen molar-refractivity contribution in [2.45, 2.75) is 31.2 Å². The first-order valence-electron chi connectivity index (χ1n) is 2.86. The van der Waals surface area contributed by atoms with Gasteiger partial charge in [0.05, 0.1) is 0 Å². The standard InChI is InChI=1S/C3H9OSi.2CH3.Al/c1-5(2,3)4;;;/h1-3H3;2*1H3;/q-1;;;+1. The van der Waals surface area contributed by atoms with Crippen LogP contribution >= 0.6 is 0 Å². The fourth-order valence-electron chi connectivity index (χ4n) is 0. The van der Waals surface area contributed by atoms with Crippen molar-refractivity contribution in [3.63, 3.8) is 0 Å². The Labute approximate surface area is 60.0 Å². The second-order valence-electron chi connectivity index (χ2n) is 2.69. The molecule has 0 aromatic rings. The molecule has 0 aromatic heterocycles. The quantitative estimate of drug-likeness (QED) is 0.467. The molecule has 48 valence electrons. The SMILES string of the molecule is C[Si](C)(C)[O-].[CH3][Al+][CH3]. The molecule has 0 amide bonds. The van der Waals surface area contributed by atoms with Crippen molar-refractivity contribution in [1.82, 2.24) is 0 Å². The molecule has 3 heteroatoms. The normalized spacial score (nSPS) is 8.75. The molecule has 0 aliphatic carbocycles. The fourth-order valence-corrected chi connectivity index (χ4v) is 0. The second kappa shape index (κ2) is 5.84. The summed E-state index contributed by atoms with van der Waals surface area (Å²) < 4.78 is 0. The van der Waals surface area contributed by atoms with Crippen LogP contribution in [0.3, 0.4) is 0 Å². The molecule has 0 N–H and O–H groups in total. The van der Waals surface area contributed by atoms with Crippen molar-refractivity contribution in [3.05, 3.63) is 0 Å². The van der Waals surface area contributed by atoms with Gasteiger partial charge in [0.1, 0.15) is 0 Å². The third-order valence-corrected chi connectivity index (χ3v) is 0. The zero-order valence-corrected chi connectivity index (χ0v) is 8.64. The van der Waals surface area contributed by atoms with Gasteiger partial charge in [-0.2, -0.15) is 0 Å². The Balaban J connectivity index is 0. The topological polar surface area (TPSA) is 23.1 Å². The molecule has 0 rings (SSSR count). The van der Waals surface area contributed by atoms with Crippen LogP contribution in [0.2, 0.25) is 31.2 Å². The van der Waals surface area contributed by atoms with E-state index in [4.69, 9.17) is 0 Å². The van der Waals surface area contributed by atoms with Crippen LogP contribution in [0, 0.1) is 0 Å². The number of hydrogen-bond donors (Lipinski definition) is 0. The zero-order valence-electron chi connectivity index (χ0n) is 6.49. The molecule has 0 aromatic carbocycles. The van der Waals surface area contributed by atoms with Gasteiger partial charge in [-0.3, -0.25) is 0 Å². The van der Waals surface area contributed by atoms with E-state index < -0.39 is 8.32 Å². The van der Waals surface area contributed by atoms with E-state index in [9.17, 15) is 4.80 Å². The molecular weight excluding hydrogens is 131 g/mol. The summed E-state index contributed by atoms with van der Waals surface area (Å²) in [5, 5.41) is 0. The summed E-state index contributed by atoms with van der Waals surface area (Å²) in [6.07, 6.45) is 0. The van der Waals surface area contributed by atoms with Crippen LogP contribution in [-0.4, -0.2) is 23.5 Å². The molecule has 0 heterocycles. The molecule has 1 nitrogen and oxygen atoms in total. The predicted octanol–water partition coefficient (Wildman–Crippen LogP) is 0.968. The first-order chi connectivity index (χ1) is 3.41. The van der Waals surface area contributed by atoms with Crippen LogP contribution in [0.15, 0.2) is 0 Å². The van der Waals surface area contributed by atoms with E-state index in [-0.39, 0.29) is 0 Å². The fraction of sp³-hybridized carbons (Fsp3) is 1.00. The molecule has 0 spiro atoms. The van der Waals surface area contributed by atoms with E-state index in [1.807, 2.05) is 0 Å².